The van der Waals surface area contributed by atoms with E-state index < -0.39 is 5.41 Å². The zero-order valence-corrected chi connectivity index (χ0v) is 17.1. The van der Waals surface area contributed by atoms with Crippen molar-refractivity contribution in [2.75, 3.05) is 0 Å². The number of aromatic nitrogens is 1. The van der Waals surface area contributed by atoms with Gasteiger partial charge in [0.05, 0.1) is 17.7 Å². The molecule has 1 aliphatic heterocycles. The van der Waals surface area contributed by atoms with E-state index in [9.17, 15) is 9.59 Å². The van der Waals surface area contributed by atoms with Crippen molar-refractivity contribution in [3.05, 3.63) is 63.5 Å². The summed E-state index contributed by atoms with van der Waals surface area (Å²) in [6.45, 7) is 12.8. The van der Waals surface area contributed by atoms with Crippen molar-refractivity contribution in [2.24, 2.45) is 5.41 Å². The lowest BCUT2D eigenvalue weighted by molar-refractivity contribution is -0.141. The van der Waals surface area contributed by atoms with Gasteiger partial charge in [0.25, 0.3) is 0 Å². The molecule has 1 fully saturated rings. The monoisotopic (exact) mass is 364 g/mol. The van der Waals surface area contributed by atoms with Gasteiger partial charge in [0.1, 0.15) is 0 Å². The van der Waals surface area contributed by atoms with Gasteiger partial charge < -0.3 is 0 Å². The van der Waals surface area contributed by atoms with Crippen LogP contribution in [0, 0.1) is 40.0 Å². The van der Waals surface area contributed by atoms with Gasteiger partial charge in [-0.25, -0.2) is 0 Å². The van der Waals surface area contributed by atoms with Crippen molar-refractivity contribution in [1.29, 1.82) is 0 Å². The Hall–Kier alpha value is -2.49. The number of imide groups is 1. The van der Waals surface area contributed by atoms with E-state index in [0.29, 0.717) is 6.42 Å². The predicted octanol–water partition coefficient (Wildman–Crippen LogP) is 4.13. The molecule has 1 aromatic carbocycles. The third-order valence-electron chi connectivity index (χ3n) is 6.37. The highest BCUT2D eigenvalue weighted by atomic mass is 16.2. The molecule has 1 saturated heterocycles. The summed E-state index contributed by atoms with van der Waals surface area (Å²) in [4.78, 5) is 31.4. The van der Waals surface area contributed by atoms with Gasteiger partial charge in [0.2, 0.25) is 11.8 Å². The molecule has 0 spiro atoms. The molecule has 2 amide bonds. The Morgan fingerprint density at radius 3 is 2.11 bits per heavy atom. The van der Waals surface area contributed by atoms with Crippen LogP contribution in [0.5, 0.6) is 0 Å². The lowest BCUT2D eigenvalue weighted by atomic mass is 9.77. The van der Waals surface area contributed by atoms with Crippen molar-refractivity contribution < 1.29 is 9.59 Å². The van der Waals surface area contributed by atoms with Crippen LogP contribution in [0.1, 0.15) is 52.4 Å². The van der Waals surface area contributed by atoms with Crippen LogP contribution >= 0.6 is 0 Å². The maximum Gasteiger partial charge on any atom is 0.236 e. The summed E-state index contributed by atoms with van der Waals surface area (Å²) in [5.74, 6) is -0.197. The van der Waals surface area contributed by atoms with Crippen LogP contribution in [0.2, 0.25) is 0 Å². The van der Waals surface area contributed by atoms with Crippen molar-refractivity contribution in [1.82, 2.24) is 9.88 Å². The quantitative estimate of drug-likeness (QED) is 0.767. The second-order valence-electron chi connectivity index (χ2n) is 8.12. The summed E-state index contributed by atoms with van der Waals surface area (Å²) in [5, 5.41) is 0. The Morgan fingerprint density at radius 1 is 0.963 bits per heavy atom. The molecule has 1 aliphatic rings. The van der Waals surface area contributed by atoms with Gasteiger partial charge >= 0.3 is 0 Å². The number of amides is 2. The minimum atomic E-state index is -0.699. The summed E-state index contributed by atoms with van der Waals surface area (Å²) in [5.41, 5.74) is 7.58. The predicted molar refractivity (Wildman–Crippen MR) is 106 cm³/mol. The smallest absolute Gasteiger partial charge is 0.236 e. The lowest BCUT2D eigenvalue weighted by Gasteiger charge is -2.26. The Bertz CT molecular complexity index is 889. The molecular formula is C23H28N2O2. The first-order chi connectivity index (χ1) is 12.7. The number of carbonyl (C=O) groups is 2. The maximum absolute atomic E-state index is 13.2. The highest BCUT2D eigenvalue weighted by Gasteiger charge is 2.48. The van der Waals surface area contributed by atoms with Crippen molar-refractivity contribution >= 4 is 11.8 Å². The maximum atomic E-state index is 13.2. The van der Waals surface area contributed by atoms with E-state index in [1.54, 1.807) is 6.20 Å². The fourth-order valence-corrected chi connectivity index (χ4v) is 4.13. The third kappa shape index (κ3) is 3.29. The normalized spacial score (nSPS) is 19.9. The van der Waals surface area contributed by atoms with E-state index in [4.69, 9.17) is 0 Å². The van der Waals surface area contributed by atoms with Gasteiger partial charge in [-0.1, -0.05) is 6.07 Å². The van der Waals surface area contributed by atoms with Gasteiger partial charge in [-0.05, 0) is 93.5 Å². The van der Waals surface area contributed by atoms with E-state index >= 15 is 0 Å². The SMILES string of the molecule is Cc1c(C)c(C)c(CC2(C)CC(=O)N(Cc3ccccn3)C2=O)c(C)c1C. The first-order valence-corrected chi connectivity index (χ1v) is 9.46. The topological polar surface area (TPSA) is 50.3 Å². The third-order valence-corrected chi connectivity index (χ3v) is 6.37. The fraction of sp³-hybridized carbons (Fsp3) is 0.435. The Labute approximate surface area is 161 Å². The van der Waals surface area contributed by atoms with Gasteiger partial charge in [-0.2, -0.15) is 0 Å². The van der Waals surface area contributed by atoms with E-state index in [-0.39, 0.29) is 24.8 Å². The molecule has 4 heteroatoms. The lowest BCUT2D eigenvalue weighted by Crippen LogP contribution is -2.35. The molecule has 1 unspecified atom stereocenters. The minimum Gasteiger partial charge on any atom is -0.276 e. The molecule has 0 radical (unpaired) electrons. The molecule has 142 valence electrons. The van der Waals surface area contributed by atoms with Crippen LogP contribution in [0.25, 0.3) is 0 Å². The van der Waals surface area contributed by atoms with E-state index in [1.165, 1.54) is 38.3 Å². The summed E-state index contributed by atoms with van der Waals surface area (Å²) in [7, 11) is 0. The summed E-state index contributed by atoms with van der Waals surface area (Å²) in [6, 6.07) is 5.54. The molecule has 1 atom stereocenters. The van der Waals surface area contributed by atoms with Crippen molar-refractivity contribution in [3.63, 3.8) is 0 Å². The van der Waals surface area contributed by atoms with Crippen molar-refractivity contribution in [3.8, 4) is 0 Å². The molecule has 3 rings (SSSR count). The average molecular weight is 364 g/mol. The van der Waals surface area contributed by atoms with Crippen LogP contribution in [-0.2, 0) is 22.6 Å². The molecular weight excluding hydrogens is 336 g/mol. The molecule has 4 nitrogen and oxygen atoms in total. The second-order valence-corrected chi connectivity index (χ2v) is 8.12. The molecule has 27 heavy (non-hydrogen) atoms. The average Bonchev–Trinajstić information content (AvgIpc) is 2.86. The number of nitrogens with zero attached hydrogens (tertiary/aromatic N) is 2. The first-order valence-electron chi connectivity index (χ1n) is 9.46. The Morgan fingerprint density at radius 2 is 1.56 bits per heavy atom. The fourth-order valence-electron chi connectivity index (χ4n) is 4.13. The Kier molecular flexibility index (Phi) is 4.94. The van der Waals surface area contributed by atoms with E-state index in [1.807, 2.05) is 25.1 Å². The number of pyridine rings is 1. The highest BCUT2D eigenvalue weighted by molar-refractivity contribution is 6.05. The minimum absolute atomic E-state index is 0.0900. The summed E-state index contributed by atoms with van der Waals surface area (Å²) in [6.07, 6.45) is 2.53. The molecule has 2 heterocycles. The van der Waals surface area contributed by atoms with Crippen LogP contribution < -0.4 is 0 Å². The molecule has 0 aliphatic carbocycles. The van der Waals surface area contributed by atoms with Crippen molar-refractivity contribution in [2.45, 2.75) is 60.9 Å². The van der Waals surface area contributed by atoms with Gasteiger partial charge in [-0.15, -0.1) is 0 Å². The van der Waals surface area contributed by atoms with Crippen LogP contribution in [0.3, 0.4) is 0 Å². The van der Waals surface area contributed by atoms with Gasteiger partial charge in [0.15, 0.2) is 0 Å². The zero-order chi connectivity index (χ0) is 19.9. The number of benzene rings is 1. The van der Waals surface area contributed by atoms with Crippen LogP contribution in [0.15, 0.2) is 24.4 Å². The Balaban J connectivity index is 1.92. The van der Waals surface area contributed by atoms with E-state index in [0.717, 1.165) is 5.69 Å². The second kappa shape index (κ2) is 6.91. The number of carbonyl (C=O) groups excluding carboxylic acids is 2. The van der Waals surface area contributed by atoms with E-state index in [2.05, 4.69) is 39.6 Å². The molecule has 2 aromatic rings. The van der Waals surface area contributed by atoms with Gasteiger partial charge in [0, 0.05) is 12.6 Å². The summed E-state index contributed by atoms with van der Waals surface area (Å²) < 4.78 is 0. The van der Waals surface area contributed by atoms with Gasteiger partial charge in [-0.3, -0.25) is 19.5 Å². The number of likely N-dealkylation sites (tertiary alicyclic amines) is 1. The summed E-state index contributed by atoms with van der Waals surface area (Å²) >= 11 is 0. The number of hydrogen-bond acceptors (Lipinski definition) is 3. The first kappa shape index (κ1) is 19.3. The largest absolute Gasteiger partial charge is 0.276 e. The zero-order valence-electron chi connectivity index (χ0n) is 17.1. The molecule has 0 N–H and O–H groups in total. The van der Waals surface area contributed by atoms with Crippen LogP contribution in [-0.4, -0.2) is 21.7 Å². The molecule has 0 saturated carbocycles. The number of rotatable bonds is 4. The highest BCUT2D eigenvalue weighted by Crippen LogP contribution is 2.39. The standard InChI is InChI=1S/C23H28N2O2/c1-14-15(2)17(4)20(18(5)16(14)3)11-23(6)12-21(26)25(22(23)27)13-19-9-7-8-10-24-19/h7-10H,11-13H2,1-6H3. The number of hydrogen-bond donors (Lipinski definition) is 0. The molecule has 0 bridgehead atoms. The van der Waals surface area contributed by atoms with Crippen LogP contribution in [0.4, 0.5) is 0 Å². The molecule has 1 aromatic heterocycles.